The molecular weight excluding hydrogens is 316 g/mol. The van der Waals surface area contributed by atoms with Gasteiger partial charge in [-0.1, -0.05) is 6.92 Å². The molecule has 1 aliphatic heterocycles. The van der Waals surface area contributed by atoms with Gasteiger partial charge in [-0.05, 0) is 41.2 Å². The molecule has 0 saturated carbocycles. The van der Waals surface area contributed by atoms with Crippen LogP contribution in [0.4, 0.5) is 0 Å². The van der Waals surface area contributed by atoms with Crippen LogP contribution in [-0.2, 0) is 6.54 Å². The Balaban J connectivity index is 2.10. The summed E-state index contributed by atoms with van der Waals surface area (Å²) in [5.74, 6) is 1.23. The highest BCUT2D eigenvalue weighted by atomic mass is 79.9. The van der Waals surface area contributed by atoms with E-state index >= 15 is 0 Å². The summed E-state index contributed by atoms with van der Waals surface area (Å²) in [4.78, 5) is 3.85. The van der Waals surface area contributed by atoms with Gasteiger partial charge in [-0.2, -0.15) is 11.8 Å². The van der Waals surface area contributed by atoms with Gasteiger partial charge in [0.05, 0.1) is 0 Å². The number of thiophene rings is 1. The molecule has 0 amide bonds. The zero-order chi connectivity index (χ0) is 12.5. The molecule has 0 bridgehead atoms. The minimum atomic E-state index is 0.182. The predicted molar refractivity (Wildman–Crippen MR) is 81.8 cm³/mol. The van der Waals surface area contributed by atoms with Crippen LogP contribution in [0.25, 0.3) is 0 Å². The van der Waals surface area contributed by atoms with E-state index in [0.717, 1.165) is 13.1 Å². The summed E-state index contributed by atoms with van der Waals surface area (Å²) in [6.07, 6.45) is 1.21. The Hall–Kier alpha value is 0.450. The third kappa shape index (κ3) is 2.73. The molecule has 2 nitrogen and oxygen atoms in total. The predicted octanol–water partition coefficient (Wildman–Crippen LogP) is 3.17. The summed E-state index contributed by atoms with van der Waals surface area (Å²) >= 11 is 7.37. The maximum absolute atomic E-state index is 6.06. The Morgan fingerprint density at radius 2 is 2.41 bits per heavy atom. The monoisotopic (exact) mass is 334 g/mol. The van der Waals surface area contributed by atoms with Crippen molar-refractivity contribution in [1.82, 2.24) is 4.90 Å². The normalized spacial score (nSPS) is 29.1. The zero-order valence-corrected chi connectivity index (χ0v) is 13.5. The molecular formula is C12H19BrN2S2. The van der Waals surface area contributed by atoms with Crippen LogP contribution in [0.3, 0.4) is 0 Å². The smallest absolute Gasteiger partial charge is 0.0456 e. The van der Waals surface area contributed by atoms with E-state index in [1.54, 1.807) is 0 Å². The van der Waals surface area contributed by atoms with Crippen LogP contribution in [0.5, 0.6) is 0 Å². The number of hydrogen-bond donors (Lipinski definition) is 1. The fourth-order valence-electron chi connectivity index (χ4n) is 2.52. The number of nitrogens with zero attached hydrogens (tertiary/aromatic N) is 1. The quantitative estimate of drug-likeness (QED) is 0.916. The number of nitrogens with two attached hydrogens (primary N) is 1. The third-order valence-corrected chi connectivity index (χ3v) is 6.85. The van der Waals surface area contributed by atoms with E-state index < -0.39 is 0 Å². The lowest BCUT2D eigenvalue weighted by Crippen LogP contribution is -2.55. The lowest BCUT2D eigenvalue weighted by atomic mass is 9.91. The van der Waals surface area contributed by atoms with Crippen molar-refractivity contribution in [2.24, 2.45) is 5.73 Å². The van der Waals surface area contributed by atoms with Crippen LogP contribution in [0.15, 0.2) is 15.9 Å². The molecule has 0 spiro atoms. The number of thioether (sulfide) groups is 1. The maximum Gasteiger partial charge on any atom is 0.0456 e. The Labute approximate surface area is 120 Å². The first kappa shape index (κ1) is 13.9. The molecule has 2 rings (SSSR count). The van der Waals surface area contributed by atoms with E-state index in [9.17, 15) is 0 Å². The minimum Gasteiger partial charge on any atom is -0.329 e. The molecule has 0 aromatic carbocycles. The fraction of sp³-hybridized carbons (Fsp3) is 0.667. The zero-order valence-electron chi connectivity index (χ0n) is 10.3. The van der Waals surface area contributed by atoms with Crippen molar-refractivity contribution in [2.75, 3.05) is 19.3 Å². The summed E-state index contributed by atoms with van der Waals surface area (Å²) in [6.45, 7) is 4.06. The van der Waals surface area contributed by atoms with Crippen LogP contribution in [0, 0.1) is 0 Å². The van der Waals surface area contributed by atoms with Crippen LogP contribution in [0.1, 0.15) is 18.2 Å². The summed E-state index contributed by atoms with van der Waals surface area (Å²) in [7, 11) is 2.21. The lowest BCUT2D eigenvalue weighted by molar-refractivity contribution is 0.123. The second kappa shape index (κ2) is 5.61. The molecule has 0 aliphatic carbocycles. The van der Waals surface area contributed by atoms with Crippen molar-refractivity contribution < 1.29 is 0 Å². The molecule has 1 aliphatic rings. The fourth-order valence-corrected chi connectivity index (χ4v) is 5.56. The average Bonchev–Trinajstić information content (AvgIpc) is 2.86. The molecule has 17 heavy (non-hydrogen) atoms. The molecule has 1 saturated heterocycles. The topological polar surface area (TPSA) is 29.3 Å². The van der Waals surface area contributed by atoms with Crippen molar-refractivity contribution in [3.8, 4) is 0 Å². The van der Waals surface area contributed by atoms with Crippen LogP contribution in [-0.4, -0.2) is 35.0 Å². The second-order valence-corrected chi connectivity index (χ2v) is 8.02. The summed E-state index contributed by atoms with van der Waals surface area (Å²) < 4.78 is 1.18. The van der Waals surface area contributed by atoms with E-state index in [4.69, 9.17) is 5.73 Å². The first-order valence-electron chi connectivity index (χ1n) is 5.84. The van der Waals surface area contributed by atoms with Gasteiger partial charge >= 0.3 is 0 Å². The van der Waals surface area contributed by atoms with Crippen LogP contribution in [0.2, 0.25) is 0 Å². The molecule has 0 radical (unpaired) electrons. The Kier molecular flexibility index (Phi) is 4.58. The van der Waals surface area contributed by atoms with E-state index in [2.05, 4.69) is 46.2 Å². The van der Waals surface area contributed by atoms with Crippen molar-refractivity contribution in [1.29, 1.82) is 0 Å². The summed E-state index contributed by atoms with van der Waals surface area (Å²) in [5.41, 5.74) is 6.24. The number of rotatable bonds is 4. The highest BCUT2D eigenvalue weighted by Crippen LogP contribution is 2.39. The van der Waals surface area contributed by atoms with Crippen LogP contribution >= 0.6 is 39.0 Å². The van der Waals surface area contributed by atoms with Crippen molar-refractivity contribution in [3.63, 3.8) is 0 Å². The first-order valence-corrected chi connectivity index (χ1v) is 8.56. The molecule has 2 atom stereocenters. The Morgan fingerprint density at radius 1 is 1.65 bits per heavy atom. The third-order valence-electron chi connectivity index (χ3n) is 3.79. The van der Waals surface area contributed by atoms with Gasteiger partial charge in [0, 0.05) is 38.6 Å². The Morgan fingerprint density at radius 3 is 2.88 bits per heavy atom. The largest absolute Gasteiger partial charge is 0.329 e. The second-order valence-electron chi connectivity index (χ2n) is 4.66. The summed E-state index contributed by atoms with van der Waals surface area (Å²) in [6, 6.07) is 2.21. The van der Waals surface area contributed by atoms with Gasteiger partial charge in [-0.3, -0.25) is 4.90 Å². The molecule has 2 unspecified atom stereocenters. The van der Waals surface area contributed by atoms with Gasteiger partial charge in [0.1, 0.15) is 0 Å². The average molecular weight is 335 g/mol. The van der Waals surface area contributed by atoms with E-state index in [0.29, 0.717) is 5.25 Å². The summed E-state index contributed by atoms with van der Waals surface area (Å²) in [5, 5.41) is 2.77. The molecule has 1 aromatic heterocycles. The van der Waals surface area contributed by atoms with Gasteiger partial charge in [-0.25, -0.2) is 0 Å². The highest BCUT2D eigenvalue weighted by Gasteiger charge is 2.43. The number of halogens is 1. The highest BCUT2D eigenvalue weighted by molar-refractivity contribution is 9.10. The first-order chi connectivity index (χ1) is 8.08. The van der Waals surface area contributed by atoms with Crippen molar-refractivity contribution >= 4 is 39.0 Å². The molecule has 1 fully saturated rings. The van der Waals surface area contributed by atoms with Crippen molar-refractivity contribution in [3.05, 3.63) is 20.8 Å². The van der Waals surface area contributed by atoms with E-state index in [-0.39, 0.29) is 5.54 Å². The molecule has 2 N–H and O–H groups in total. The van der Waals surface area contributed by atoms with Gasteiger partial charge in [0.15, 0.2) is 0 Å². The lowest BCUT2D eigenvalue weighted by Gasteiger charge is -2.40. The number of hydrogen-bond acceptors (Lipinski definition) is 4. The SMILES string of the molecule is CC1SCCC1(CN)N(C)Cc1cc(Br)cs1. The minimum absolute atomic E-state index is 0.182. The standard InChI is InChI=1S/C12H19BrN2S2/c1-9-12(8-14,3-4-16-9)15(2)6-11-5-10(13)7-17-11/h5,7,9H,3-4,6,8,14H2,1-2H3. The molecule has 5 heteroatoms. The molecule has 1 aromatic rings. The van der Waals surface area contributed by atoms with E-state index in [1.807, 2.05) is 23.1 Å². The van der Waals surface area contributed by atoms with Crippen molar-refractivity contribution in [2.45, 2.75) is 30.7 Å². The van der Waals surface area contributed by atoms with Gasteiger partial charge in [0.25, 0.3) is 0 Å². The van der Waals surface area contributed by atoms with Gasteiger partial charge < -0.3 is 5.73 Å². The van der Waals surface area contributed by atoms with E-state index in [1.165, 1.54) is 21.5 Å². The molecule has 2 heterocycles. The molecule has 96 valence electrons. The Bertz CT molecular complexity index is 382. The van der Waals surface area contributed by atoms with Gasteiger partial charge in [-0.15, -0.1) is 11.3 Å². The number of likely N-dealkylation sites (N-methyl/N-ethyl adjacent to an activating group) is 1. The van der Waals surface area contributed by atoms with Gasteiger partial charge in [0.2, 0.25) is 0 Å². The maximum atomic E-state index is 6.06. The van der Waals surface area contributed by atoms with Crippen LogP contribution < -0.4 is 5.73 Å².